The smallest absolute Gasteiger partial charge is 0.224 e. The number of fused-ring (bicyclic) bond motifs is 1. The fourth-order valence-corrected chi connectivity index (χ4v) is 2.85. The minimum Gasteiger partial charge on any atom is -0.489 e. The van der Waals surface area contributed by atoms with Crippen LogP contribution in [0.1, 0.15) is 29.0 Å². The Labute approximate surface area is 145 Å². The van der Waals surface area contributed by atoms with Crippen molar-refractivity contribution in [3.8, 4) is 11.5 Å². The summed E-state index contributed by atoms with van der Waals surface area (Å²) in [5.41, 5.74) is 2.42. The Morgan fingerprint density at radius 2 is 2.08 bits per heavy atom. The maximum absolute atomic E-state index is 12.1. The van der Waals surface area contributed by atoms with E-state index in [2.05, 4.69) is 10.5 Å². The van der Waals surface area contributed by atoms with Crippen molar-refractivity contribution >= 4 is 17.5 Å². The van der Waals surface area contributed by atoms with Crippen molar-refractivity contribution in [1.82, 2.24) is 10.5 Å². The number of carbonyl (C=O) groups excluding carboxylic acids is 1. The highest BCUT2D eigenvalue weighted by Gasteiger charge is 2.17. The van der Waals surface area contributed by atoms with E-state index in [1.165, 1.54) is 0 Å². The lowest BCUT2D eigenvalue weighted by molar-refractivity contribution is -0.120. The van der Waals surface area contributed by atoms with Crippen LogP contribution in [0.2, 0.25) is 5.02 Å². The van der Waals surface area contributed by atoms with Crippen LogP contribution in [0.5, 0.6) is 11.5 Å². The van der Waals surface area contributed by atoms with Gasteiger partial charge in [-0.3, -0.25) is 4.79 Å². The van der Waals surface area contributed by atoms with E-state index in [0.29, 0.717) is 42.0 Å². The van der Waals surface area contributed by atoms with Crippen LogP contribution in [0.25, 0.3) is 0 Å². The number of hydrogen-bond acceptors (Lipinski definition) is 5. The minimum absolute atomic E-state index is 0.104. The highest BCUT2D eigenvalue weighted by Crippen LogP contribution is 2.37. The van der Waals surface area contributed by atoms with Gasteiger partial charge in [0, 0.05) is 18.5 Å². The minimum atomic E-state index is -0.104. The number of nitrogens with one attached hydrogen (secondary N) is 1. The second-order valence-electron chi connectivity index (χ2n) is 5.71. The van der Waals surface area contributed by atoms with E-state index < -0.39 is 0 Å². The van der Waals surface area contributed by atoms with Crippen molar-refractivity contribution < 1.29 is 18.8 Å². The van der Waals surface area contributed by atoms with Crippen molar-refractivity contribution in [1.29, 1.82) is 0 Å². The van der Waals surface area contributed by atoms with Crippen LogP contribution in [-0.2, 0) is 17.8 Å². The molecule has 7 heteroatoms. The highest BCUT2D eigenvalue weighted by atomic mass is 35.5. The van der Waals surface area contributed by atoms with Crippen molar-refractivity contribution in [2.45, 2.75) is 33.2 Å². The molecule has 6 nitrogen and oxygen atoms in total. The second kappa shape index (κ2) is 7.13. The van der Waals surface area contributed by atoms with Crippen molar-refractivity contribution in [2.24, 2.45) is 0 Å². The number of hydrogen-bond donors (Lipinski definition) is 1. The Morgan fingerprint density at radius 3 is 2.83 bits per heavy atom. The Bertz CT molecular complexity index is 738. The molecule has 1 aliphatic heterocycles. The van der Waals surface area contributed by atoms with Crippen molar-refractivity contribution in [2.75, 3.05) is 13.2 Å². The first-order valence-corrected chi connectivity index (χ1v) is 8.19. The third-order valence-corrected chi connectivity index (χ3v) is 4.15. The van der Waals surface area contributed by atoms with Crippen LogP contribution in [0, 0.1) is 13.8 Å². The number of aryl methyl sites for hydroxylation is 2. The van der Waals surface area contributed by atoms with E-state index >= 15 is 0 Å². The number of halogens is 1. The van der Waals surface area contributed by atoms with E-state index in [9.17, 15) is 4.79 Å². The number of ether oxygens (including phenoxy) is 2. The fraction of sp³-hybridized carbons (Fsp3) is 0.412. The first kappa shape index (κ1) is 16.6. The number of nitrogens with zero attached hydrogens (tertiary/aromatic N) is 1. The largest absolute Gasteiger partial charge is 0.489 e. The number of carbonyl (C=O) groups is 1. The molecule has 1 aromatic heterocycles. The maximum atomic E-state index is 12.1. The maximum Gasteiger partial charge on any atom is 0.224 e. The van der Waals surface area contributed by atoms with Gasteiger partial charge in [0.15, 0.2) is 11.5 Å². The highest BCUT2D eigenvalue weighted by molar-refractivity contribution is 6.32. The Hall–Kier alpha value is -2.21. The van der Waals surface area contributed by atoms with Crippen LogP contribution in [-0.4, -0.2) is 24.3 Å². The zero-order valence-electron chi connectivity index (χ0n) is 13.6. The number of benzene rings is 1. The first-order valence-electron chi connectivity index (χ1n) is 7.81. The van der Waals surface area contributed by atoms with Gasteiger partial charge in [-0.1, -0.05) is 16.8 Å². The van der Waals surface area contributed by atoms with E-state index in [4.69, 9.17) is 25.6 Å². The van der Waals surface area contributed by atoms with Gasteiger partial charge in [-0.2, -0.15) is 0 Å². The predicted molar refractivity (Wildman–Crippen MR) is 88.6 cm³/mol. The predicted octanol–water partition coefficient (Wildman–Crippen LogP) is 2.97. The molecule has 1 N–H and O–H groups in total. The Balaban J connectivity index is 1.65. The molecule has 0 spiro atoms. The van der Waals surface area contributed by atoms with E-state index in [1.807, 2.05) is 13.0 Å². The van der Waals surface area contributed by atoms with Crippen LogP contribution < -0.4 is 14.8 Å². The molecule has 1 aliphatic rings. The molecule has 3 rings (SSSR count). The van der Waals surface area contributed by atoms with Gasteiger partial charge >= 0.3 is 0 Å². The molecular formula is C17H19ClN2O4. The first-order chi connectivity index (χ1) is 11.5. The average molecular weight is 351 g/mol. The number of aromatic nitrogens is 1. The monoisotopic (exact) mass is 350 g/mol. The Morgan fingerprint density at radius 1 is 1.29 bits per heavy atom. The summed E-state index contributed by atoms with van der Waals surface area (Å²) in [5.74, 6) is 1.75. The summed E-state index contributed by atoms with van der Waals surface area (Å²) < 4.78 is 16.3. The molecule has 0 unspecified atom stereocenters. The molecule has 2 aromatic rings. The molecule has 2 heterocycles. The van der Waals surface area contributed by atoms with Crippen LogP contribution in [0.4, 0.5) is 0 Å². The average Bonchev–Trinajstić information content (AvgIpc) is 2.77. The summed E-state index contributed by atoms with van der Waals surface area (Å²) >= 11 is 6.25. The van der Waals surface area contributed by atoms with Gasteiger partial charge in [0.2, 0.25) is 5.91 Å². The topological polar surface area (TPSA) is 73.6 Å². The van der Waals surface area contributed by atoms with Crippen LogP contribution in [0.15, 0.2) is 16.7 Å². The lowest BCUT2D eigenvalue weighted by Gasteiger charge is -2.12. The van der Waals surface area contributed by atoms with Gasteiger partial charge < -0.3 is 19.3 Å². The summed E-state index contributed by atoms with van der Waals surface area (Å²) in [6.45, 7) is 5.15. The normalized spacial score (nSPS) is 13.5. The molecular weight excluding hydrogens is 332 g/mol. The molecule has 1 aromatic carbocycles. The molecule has 0 bridgehead atoms. The Kier molecular flexibility index (Phi) is 4.94. The summed E-state index contributed by atoms with van der Waals surface area (Å²) in [7, 11) is 0. The van der Waals surface area contributed by atoms with Gasteiger partial charge in [-0.25, -0.2) is 0 Å². The molecule has 1 amide bonds. The fourth-order valence-electron chi connectivity index (χ4n) is 2.56. The number of amides is 1. The molecule has 128 valence electrons. The molecule has 0 fully saturated rings. The standard InChI is InChI=1S/C17H19ClN2O4/c1-10-13(11(2)24-20-10)8-16(21)19-9-12-6-14(18)17-15(7-12)22-4-3-5-23-17/h6-7H,3-5,8-9H2,1-2H3,(H,19,21). The lowest BCUT2D eigenvalue weighted by atomic mass is 10.1. The van der Waals surface area contributed by atoms with Crippen molar-refractivity contribution in [3.63, 3.8) is 0 Å². The van der Waals surface area contributed by atoms with Gasteiger partial charge in [0.1, 0.15) is 5.76 Å². The second-order valence-corrected chi connectivity index (χ2v) is 6.12. The van der Waals surface area contributed by atoms with Gasteiger partial charge in [-0.15, -0.1) is 0 Å². The van der Waals surface area contributed by atoms with E-state index in [-0.39, 0.29) is 12.3 Å². The lowest BCUT2D eigenvalue weighted by Crippen LogP contribution is -2.25. The van der Waals surface area contributed by atoms with Crippen molar-refractivity contribution in [3.05, 3.63) is 39.7 Å². The third kappa shape index (κ3) is 3.64. The summed E-state index contributed by atoms with van der Waals surface area (Å²) in [5, 5.41) is 7.22. The molecule has 0 radical (unpaired) electrons. The molecule has 0 saturated carbocycles. The van der Waals surface area contributed by atoms with Crippen LogP contribution >= 0.6 is 11.6 Å². The molecule has 24 heavy (non-hydrogen) atoms. The van der Waals surface area contributed by atoms with E-state index in [1.54, 1.807) is 13.0 Å². The third-order valence-electron chi connectivity index (χ3n) is 3.87. The quantitative estimate of drug-likeness (QED) is 0.917. The zero-order valence-corrected chi connectivity index (χ0v) is 14.4. The van der Waals surface area contributed by atoms with Gasteiger partial charge in [-0.05, 0) is 31.5 Å². The SMILES string of the molecule is Cc1noc(C)c1CC(=O)NCc1cc(Cl)c2c(c1)OCCCO2. The summed E-state index contributed by atoms with van der Waals surface area (Å²) in [4.78, 5) is 12.1. The van der Waals surface area contributed by atoms with Crippen LogP contribution in [0.3, 0.4) is 0 Å². The van der Waals surface area contributed by atoms with Gasteiger partial charge in [0.25, 0.3) is 0 Å². The molecule has 0 aliphatic carbocycles. The number of rotatable bonds is 4. The molecule has 0 saturated heterocycles. The van der Waals surface area contributed by atoms with E-state index in [0.717, 1.165) is 23.2 Å². The zero-order chi connectivity index (χ0) is 17.1. The van der Waals surface area contributed by atoms with Gasteiger partial charge in [0.05, 0.1) is 30.4 Å². The molecule has 0 atom stereocenters. The summed E-state index contributed by atoms with van der Waals surface area (Å²) in [6.07, 6.45) is 1.05. The summed E-state index contributed by atoms with van der Waals surface area (Å²) in [6, 6.07) is 3.63.